The lowest BCUT2D eigenvalue weighted by molar-refractivity contribution is -0.124. The molecule has 0 aliphatic carbocycles. The molecule has 1 amide bonds. The predicted molar refractivity (Wildman–Crippen MR) is 105 cm³/mol. The molecule has 0 radical (unpaired) electrons. The summed E-state index contributed by atoms with van der Waals surface area (Å²) in [5.41, 5.74) is 1.71. The largest absolute Gasteiger partial charge is 0.452 e. The van der Waals surface area contributed by atoms with Crippen LogP contribution in [0.3, 0.4) is 0 Å². The van der Waals surface area contributed by atoms with E-state index in [-0.39, 0.29) is 10.5 Å². The number of rotatable bonds is 7. The van der Waals surface area contributed by atoms with E-state index in [4.69, 9.17) is 4.74 Å². The van der Waals surface area contributed by atoms with Crippen LogP contribution in [0.4, 0.5) is 5.69 Å². The maximum absolute atomic E-state index is 13.1. The Morgan fingerprint density at radius 1 is 1.14 bits per heavy atom. The average Bonchev–Trinajstić information content (AvgIpc) is 3.15. The molecule has 2 aromatic carbocycles. The number of para-hydroxylation sites is 1. The lowest BCUT2D eigenvalue weighted by atomic mass is 10.2. The summed E-state index contributed by atoms with van der Waals surface area (Å²) < 4.78 is 32.5. The van der Waals surface area contributed by atoms with E-state index < -0.39 is 28.5 Å². The molecule has 2 aromatic rings. The molecule has 28 heavy (non-hydrogen) atoms. The highest BCUT2D eigenvalue weighted by molar-refractivity contribution is 7.92. The van der Waals surface area contributed by atoms with Gasteiger partial charge in [-0.15, -0.1) is 0 Å². The van der Waals surface area contributed by atoms with E-state index in [2.05, 4.69) is 5.32 Å². The van der Waals surface area contributed by atoms with Gasteiger partial charge in [0.2, 0.25) is 0 Å². The van der Waals surface area contributed by atoms with Crippen LogP contribution in [0, 0.1) is 0 Å². The Morgan fingerprint density at radius 2 is 1.93 bits per heavy atom. The van der Waals surface area contributed by atoms with Crippen LogP contribution in [0.25, 0.3) is 0 Å². The first kappa shape index (κ1) is 19.9. The van der Waals surface area contributed by atoms with Crippen molar-refractivity contribution in [2.75, 3.05) is 24.0 Å². The summed E-state index contributed by atoms with van der Waals surface area (Å²) in [6.07, 6.45) is 1.42. The SMILES string of the molecule is CCCNC(=O)COC(=O)c1cccc(S(=O)(=O)N2CCc3ccccc32)c1. The Hall–Kier alpha value is -2.87. The molecule has 8 heteroatoms. The van der Waals surface area contributed by atoms with Crippen LogP contribution in [-0.2, 0) is 26.0 Å². The van der Waals surface area contributed by atoms with Crippen molar-refractivity contribution in [1.82, 2.24) is 5.32 Å². The fourth-order valence-electron chi connectivity index (χ4n) is 3.00. The van der Waals surface area contributed by atoms with Crippen LogP contribution in [-0.4, -0.2) is 40.0 Å². The maximum atomic E-state index is 13.1. The second-order valence-electron chi connectivity index (χ2n) is 6.41. The molecule has 1 aliphatic rings. The molecule has 7 nitrogen and oxygen atoms in total. The molecule has 0 bridgehead atoms. The first-order chi connectivity index (χ1) is 13.4. The van der Waals surface area contributed by atoms with Gasteiger partial charge in [-0.3, -0.25) is 9.10 Å². The quantitative estimate of drug-likeness (QED) is 0.716. The Kier molecular flexibility index (Phi) is 5.99. The highest BCUT2D eigenvalue weighted by atomic mass is 32.2. The fourth-order valence-corrected chi connectivity index (χ4v) is 4.55. The normalized spacial score (nSPS) is 13.1. The van der Waals surface area contributed by atoms with Gasteiger partial charge in [-0.1, -0.05) is 31.2 Å². The zero-order valence-corrected chi connectivity index (χ0v) is 16.4. The number of hydrogen-bond donors (Lipinski definition) is 1. The number of hydrogen-bond acceptors (Lipinski definition) is 5. The summed E-state index contributed by atoms with van der Waals surface area (Å²) >= 11 is 0. The van der Waals surface area contributed by atoms with E-state index in [0.29, 0.717) is 25.2 Å². The lowest BCUT2D eigenvalue weighted by Gasteiger charge is -2.19. The number of anilines is 1. The van der Waals surface area contributed by atoms with E-state index in [9.17, 15) is 18.0 Å². The van der Waals surface area contributed by atoms with E-state index in [1.807, 2.05) is 19.1 Å². The Bertz CT molecular complexity index is 988. The molecule has 148 valence electrons. The van der Waals surface area contributed by atoms with Crippen LogP contribution in [0.15, 0.2) is 53.4 Å². The smallest absolute Gasteiger partial charge is 0.338 e. The zero-order valence-electron chi connectivity index (χ0n) is 15.6. The number of amides is 1. The van der Waals surface area contributed by atoms with Gasteiger partial charge in [0.1, 0.15) is 0 Å². The summed E-state index contributed by atoms with van der Waals surface area (Å²) in [6.45, 7) is 2.36. The van der Waals surface area contributed by atoms with Crippen molar-refractivity contribution in [1.29, 1.82) is 0 Å². The number of carbonyl (C=O) groups excluding carboxylic acids is 2. The van der Waals surface area contributed by atoms with E-state index >= 15 is 0 Å². The summed E-state index contributed by atoms with van der Waals surface area (Å²) in [7, 11) is -3.81. The van der Waals surface area contributed by atoms with Crippen molar-refractivity contribution in [3.05, 3.63) is 59.7 Å². The topological polar surface area (TPSA) is 92.8 Å². The van der Waals surface area contributed by atoms with Gasteiger partial charge in [0.05, 0.1) is 16.1 Å². The summed E-state index contributed by atoms with van der Waals surface area (Å²) in [6, 6.07) is 13.0. The number of esters is 1. The van der Waals surface area contributed by atoms with Gasteiger partial charge in [-0.25, -0.2) is 13.2 Å². The molecule has 0 fully saturated rings. The summed E-state index contributed by atoms with van der Waals surface area (Å²) in [5.74, 6) is -1.14. The van der Waals surface area contributed by atoms with Gasteiger partial charge in [-0.2, -0.15) is 0 Å². The number of nitrogens with one attached hydrogen (secondary N) is 1. The number of nitrogens with zero attached hydrogens (tertiary/aromatic N) is 1. The van der Waals surface area contributed by atoms with E-state index in [0.717, 1.165) is 12.0 Å². The molecule has 0 unspecified atom stereocenters. The van der Waals surface area contributed by atoms with Crippen molar-refractivity contribution in [2.45, 2.75) is 24.7 Å². The number of sulfonamides is 1. The minimum Gasteiger partial charge on any atom is -0.452 e. The highest BCUT2D eigenvalue weighted by Crippen LogP contribution is 2.32. The Labute approximate surface area is 164 Å². The van der Waals surface area contributed by atoms with E-state index in [1.165, 1.54) is 28.6 Å². The average molecular weight is 402 g/mol. The van der Waals surface area contributed by atoms with Gasteiger partial charge in [-0.05, 0) is 42.7 Å². The van der Waals surface area contributed by atoms with Gasteiger partial charge in [0.15, 0.2) is 6.61 Å². The molecular formula is C20H22N2O5S. The number of ether oxygens (including phenoxy) is 1. The third-order valence-electron chi connectivity index (χ3n) is 4.41. The van der Waals surface area contributed by atoms with Crippen LogP contribution in [0.5, 0.6) is 0 Å². The van der Waals surface area contributed by atoms with Gasteiger partial charge < -0.3 is 10.1 Å². The molecule has 0 aromatic heterocycles. The van der Waals surface area contributed by atoms with Gasteiger partial charge >= 0.3 is 5.97 Å². The van der Waals surface area contributed by atoms with Crippen molar-refractivity contribution in [3.63, 3.8) is 0 Å². The van der Waals surface area contributed by atoms with Crippen LogP contribution in [0.1, 0.15) is 29.3 Å². The minimum atomic E-state index is -3.81. The second kappa shape index (κ2) is 8.43. The molecule has 0 atom stereocenters. The standard InChI is InChI=1S/C20H22N2O5S/c1-2-11-21-19(23)14-27-20(24)16-7-5-8-17(13-16)28(25,26)22-12-10-15-6-3-4-9-18(15)22/h3-9,13H,2,10-12,14H2,1H3,(H,21,23). The molecule has 1 aliphatic heterocycles. The van der Waals surface area contributed by atoms with Crippen LogP contribution in [0.2, 0.25) is 0 Å². The molecule has 0 spiro atoms. The maximum Gasteiger partial charge on any atom is 0.338 e. The van der Waals surface area contributed by atoms with Crippen molar-refractivity contribution < 1.29 is 22.7 Å². The molecule has 1 N–H and O–H groups in total. The fraction of sp³-hybridized carbons (Fsp3) is 0.300. The lowest BCUT2D eigenvalue weighted by Crippen LogP contribution is -2.30. The van der Waals surface area contributed by atoms with Crippen molar-refractivity contribution in [2.24, 2.45) is 0 Å². The predicted octanol–water partition coefficient (Wildman–Crippen LogP) is 2.12. The third kappa shape index (κ3) is 4.17. The van der Waals surface area contributed by atoms with Crippen molar-refractivity contribution in [3.8, 4) is 0 Å². The van der Waals surface area contributed by atoms with Gasteiger partial charge in [0.25, 0.3) is 15.9 Å². The molecule has 3 rings (SSSR count). The number of carbonyl (C=O) groups is 2. The van der Waals surface area contributed by atoms with Crippen molar-refractivity contribution >= 4 is 27.6 Å². The summed E-state index contributed by atoms with van der Waals surface area (Å²) in [4.78, 5) is 23.8. The number of fused-ring (bicyclic) bond motifs is 1. The summed E-state index contributed by atoms with van der Waals surface area (Å²) in [5, 5.41) is 2.60. The zero-order chi connectivity index (χ0) is 20.1. The first-order valence-corrected chi connectivity index (χ1v) is 10.5. The van der Waals surface area contributed by atoms with Gasteiger partial charge in [0, 0.05) is 13.1 Å². The highest BCUT2D eigenvalue weighted by Gasteiger charge is 2.31. The minimum absolute atomic E-state index is 0.00841. The number of benzene rings is 2. The third-order valence-corrected chi connectivity index (χ3v) is 6.22. The van der Waals surface area contributed by atoms with Crippen LogP contribution < -0.4 is 9.62 Å². The molecule has 0 saturated carbocycles. The van der Waals surface area contributed by atoms with E-state index in [1.54, 1.807) is 12.1 Å². The molecule has 0 saturated heterocycles. The molecular weight excluding hydrogens is 380 g/mol. The first-order valence-electron chi connectivity index (χ1n) is 9.08. The Morgan fingerprint density at radius 3 is 2.71 bits per heavy atom. The van der Waals surface area contributed by atoms with Crippen LogP contribution >= 0.6 is 0 Å². The second-order valence-corrected chi connectivity index (χ2v) is 8.27. The monoisotopic (exact) mass is 402 g/mol. The molecule has 1 heterocycles. The Balaban J connectivity index is 1.76.